The van der Waals surface area contributed by atoms with E-state index in [1.165, 1.54) is 0 Å². The van der Waals surface area contributed by atoms with Gasteiger partial charge in [0.15, 0.2) is 0 Å². The van der Waals surface area contributed by atoms with E-state index in [1.54, 1.807) is 0 Å². The molecule has 0 aliphatic heterocycles. The van der Waals surface area contributed by atoms with Crippen LogP contribution in [0.2, 0.25) is 0 Å². The first-order chi connectivity index (χ1) is 18.6. The Hall–Kier alpha value is -3.15. The van der Waals surface area contributed by atoms with Gasteiger partial charge in [0.2, 0.25) is 5.91 Å². The lowest BCUT2D eigenvalue weighted by molar-refractivity contribution is -0.122. The van der Waals surface area contributed by atoms with Gasteiger partial charge in [-0.1, -0.05) is 0 Å². The van der Waals surface area contributed by atoms with E-state index in [4.69, 9.17) is 18.9 Å². The summed E-state index contributed by atoms with van der Waals surface area (Å²) in [5.74, 6) is 0.776. The lowest BCUT2D eigenvalue weighted by Crippen LogP contribution is -2.37. The predicted octanol–water partition coefficient (Wildman–Crippen LogP) is 2.86. The fourth-order valence-corrected chi connectivity index (χ4v) is 4.22. The van der Waals surface area contributed by atoms with Crippen LogP contribution in [0, 0.1) is 0 Å². The van der Waals surface area contributed by atoms with Crippen molar-refractivity contribution in [3.63, 3.8) is 0 Å². The van der Waals surface area contributed by atoms with Crippen molar-refractivity contribution in [2.75, 3.05) is 60.2 Å². The molecule has 1 unspecified atom stereocenters. The van der Waals surface area contributed by atoms with Crippen LogP contribution in [0.1, 0.15) is 50.9 Å². The molecule has 1 aliphatic carbocycles. The van der Waals surface area contributed by atoms with E-state index in [2.05, 4.69) is 15.7 Å². The Balaban J connectivity index is 1.33. The number of carbonyl (C=O) groups is 2. The molecule has 1 atom stereocenters. The molecule has 2 amide bonds. The predicted molar refractivity (Wildman–Crippen MR) is 147 cm³/mol. The third-order valence-electron chi connectivity index (χ3n) is 5.84. The minimum atomic E-state index is -0.515. The van der Waals surface area contributed by atoms with Gasteiger partial charge in [-0.15, -0.1) is 0 Å². The molecular weight excluding hydrogens is 502 g/mol. The molecule has 39 heavy (non-hydrogen) atoms. The van der Waals surface area contributed by atoms with Crippen LogP contribution in [0.4, 0.5) is 4.79 Å². The first-order valence-electron chi connectivity index (χ1n) is 13.5. The van der Waals surface area contributed by atoms with Crippen LogP contribution in [-0.2, 0) is 25.4 Å². The minimum absolute atomic E-state index is 0.00291. The Bertz CT molecular complexity index is 1050. The van der Waals surface area contributed by atoms with Gasteiger partial charge >= 0.3 is 6.09 Å². The second-order valence-electron chi connectivity index (χ2n) is 10.7. The molecule has 0 saturated carbocycles. The van der Waals surface area contributed by atoms with Gasteiger partial charge in [-0.2, -0.15) is 5.10 Å². The van der Waals surface area contributed by atoms with Crippen LogP contribution in [0.25, 0.3) is 5.69 Å². The fourth-order valence-electron chi connectivity index (χ4n) is 4.22. The molecule has 0 fully saturated rings. The highest BCUT2D eigenvalue weighted by Crippen LogP contribution is 2.31. The van der Waals surface area contributed by atoms with E-state index in [1.807, 2.05) is 74.9 Å². The SMILES string of the molecule is CN(C)CC(=O)NC1CCCc2c1cnn2-c1ccc(OCCOCCOCCNC(=O)OC(C)(C)C)cc1. The number of nitrogens with zero attached hydrogens (tertiary/aromatic N) is 3. The maximum Gasteiger partial charge on any atom is 0.407 e. The van der Waals surface area contributed by atoms with Crippen molar-refractivity contribution in [2.24, 2.45) is 0 Å². The molecular formula is C28H43N5O6. The van der Waals surface area contributed by atoms with Crippen molar-refractivity contribution in [2.45, 2.75) is 51.7 Å². The number of aromatic nitrogens is 2. The summed E-state index contributed by atoms with van der Waals surface area (Å²) in [5.41, 5.74) is 2.67. The molecule has 2 aromatic rings. The summed E-state index contributed by atoms with van der Waals surface area (Å²) < 4.78 is 23.9. The summed E-state index contributed by atoms with van der Waals surface area (Å²) in [7, 11) is 3.77. The Morgan fingerprint density at radius 2 is 1.74 bits per heavy atom. The van der Waals surface area contributed by atoms with Gasteiger partial charge in [-0.05, 0) is 78.4 Å². The summed E-state index contributed by atoms with van der Waals surface area (Å²) in [5, 5.41) is 10.4. The number of fused-ring (bicyclic) bond motifs is 1. The lowest BCUT2D eigenvalue weighted by Gasteiger charge is -2.25. The minimum Gasteiger partial charge on any atom is -0.491 e. The Morgan fingerprint density at radius 1 is 1.05 bits per heavy atom. The largest absolute Gasteiger partial charge is 0.491 e. The average molecular weight is 546 g/mol. The van der Waals surface area contributed by atoms with E-state index >= 15 is 0 Å². The Morgan fingerprint density at radius 3 is 2.44 bits per heavy atom. The number of rotatable bonds is 14. The molecule has 2 N–H and O–H groups in total. The first kappa shape index (κ1) is 30.4. The van der Waals surface area contributed by atoms with Crippen molar-refractivity contribution in [3.8, 4) is 11.4 Å². The van der Waals surface area contributed by atoms with Crippen LogP contribution >= 0.6 is 0 Å². The van der Waals surface area contributed by atoms with Crippen LogP contribution in [-0.4, -0.2) is 92.5 Å². The van der Waals surface area contributed by atoms with Crippen molar-refractivity contribution in [1.29, 1.82) is 0 Å². The van der Waals surface area contributed by atoms with Crippen LogP contribution in [0.15, 0.2) is 30.5 Å². The van der Waals surface area contributed by atoms with Gasteiger partial charge < -0.3 is 34.5 Å². The quantitative estimate of drug-likeness (QED) is 0.348. The van der Waals surface area contributed by atoms with E-state index in [0.29, 0.717) is 46.1 Å². The first-order valence-corrected chi connectivity index (χ1v) is 13.5. The molecule has 0 radical (unpaired) electrons. The number of hydrogen-bond donors (Lipinski definition) is 2. The third-order valence-corrected chi connectivity index (χ3v) is 5.84. The highest BCUT2D eigenvalue weighted by Gasteiger charge is 2.26. The molecule has 3 rings (SSSR count). The van der Waals surface area contributed by atoms with E-state index in [9.17, 15) is 9.59 Å². The highest BCUT2D eigenvalue weighted by molar-refractivity contribution is 5.78. The number of hydrogen-bond acceptors (Lipinski definition) is 8. The summed E-state index contributed by atoms with van der Waals surface area (Å²) in [6.07, 6.45) is 4.27. The molecule has 0 spiro atoms. The van der Waals surface area contributed by atoms with E-state index in [0.717, 1.165) is 42.0 Å². The van der Waals surface area contributed by atoms with Crippen molar-refractivity contribution < 1.29 is 28.5 Å². The molecule has 1 aromatic carbocycles. The maximum absolute atomic E-state index is 12.3. The van der Waals surface area contributed by atoms with Gasteiger partial charge in [-0.25, -0.2) is 9.48 Å². The van der Waals surface area contributed by atoms with E-state index in [-0.39, 0.29) is 11.9 Å². The zero-order valence-electron chi connectivity index (χ0n) is 23.8. The van der Waals surface area contributed by atoms with Crippen LogP contribution in [0.3, 0.4) is 0 Å². The number of amides is 2. The zero-order valence-corrected chi connectivity index (χ0v) is 23.8. The van der Waals surface area contributed by atoms with Gasteiger partial charge in [0.1, 0.15) is 18.0 Å². The monoisotopic (exact) mass is 545 g/mol. The number of alkyl carbamates (subject to hydrolysis) is 1. The van der Waals surface area contributed by atoms with Crippen molar-refractivity contribution in [3.05, 3.63) is 41.7 Å². The normalized spacial score (nSPS) is 15.1. The van der Waals surface area contributed by atoms with Crippen LogP contribution < -0.4 is 15.4 Å². The zero-order chi connectivity index (χ0) is 28.3. The number of ether oxygens (including phenoxy) is 4. The Kier molecular flexibility index (Phi) is 11.6. The number of carbonyl (C=O) groups excluding carboxylic acids is 2. The molecule has 1 aliphatic rings. The fraction of sp³-hybridized carbons (Fsp3) is 0.607. The Labute approximate surface area is 231 Å². The summed E-state index contributed by atoms with van der Waals surface area (Å²) >= 11 is 0. The standard InChI is InChI=1S/C28H43N5O6/c1-28(2,3)39-27(35)29-13-14-36-15-16-37-17-18-38-22-11-9-21(10-12-22)33-25-8-6-7-24(23(25)19-30-33)31-26(34)20-32(4)5/h9-12,19,24H,6-8,13-18,20H2,1-5H3,(H,29,35)(H,31,34). The third kappa shape index (κ3) is 10.5. The lowest BCUT2D eigenvalue weighted by atomic mass is 9.93. The number of benzene rings is 1. The smallest absolute Gasteiger partial charge is 0.407 e. The summed E-state index contributed by atoms with van der Waals surface area (Å²) in [4.78, 5) is 25.7. The van der Waals surface area contributed by atoms with Gasteiger partial charge in [-0.3, -0.25) is 4.79 Å². The molecule has 0 bridgehead atoms. The van der Waals surface area contributed by atoms with Crippen molar-refractivity contribution in [1.82, 2.24) is 25.3 Å². The molecule has 1 aromatic heterocycles. The second kappa shape index (κ2) is 14.9. The van der Waals surface area contributed by atoms with Gasteiger partial charge in [0.25, 0.3) is 0 Å². The average Bonchev–Trinajstić information content (AvgIpc) is 3.29. The highest BCUT2D eigenvalue weighted by atomic mass is 16.6. The molecule has 11 heteroatoms. The number of likely N-dealkylation sites (N-methyl/N-ethyl adjacent to an activating group) is 1. The molecule has 216 valence electrons. The molecule has 1 heterocycles. The molecule has 0 saturated heterocycles. The maximum atomic E-state index is 12.3. The topological polar surface area (TPSA) is 116 Å². The number of nitrogens with one attached hydrogen (secondary N) is 2. The van der Waals surface area contributed by atoms with Crippen molar-refractivity contribution >= 4 is 12.0 Å². The van der Waals surface area contributed by atoms with Crippen LogP contribution in [0.5, 0.6) is 5.75 Å². The molecule has 11 nitrogen and oxygen atoms in total. The second-order valence-corrected chi connectivity index (χ2v) is 10.7. The summed E-state index contributed by atoms with van der Waals surface area (Å²) in [6.45, 7) is 8.32. The van der Waals surface area contributed by atoms with Gasteiger partial charge in [0, 0.05) is 17.8 Å². The van der Waals surface area contributed by atoms with E-state index < -0.39 is 11.7 Å². The summed E-state index contributed by atoms with van der Waals surface area (Å²) in [6, 6.07) is 7.80. The van der Waals surface area contributed by atoms with Gasteiger partial charge in [0.05, 0.1) is 50.9 Å².